The van der Waals surface area contributed by atoms with Gasteiger partial charge in [0.15, 0.2) is 0 Å². The lowest BCUT2D eigenvalue weighted by Crippen LogP contribution is -2.42. The Morgan fingerprint density at radius 3 is 2.23 bits per heavy atom. The number of thioether (sulfide) groups is 2. The average molecular weight is 343 g/mol. The molecule has 1 aliphatic rings. The molecule has 0 spiro atoms. The van der Waals surface area contributed by atoms with Crippen LogP contribution in [0, 0.1) is 5.92 Å². The van der Waals surface area contributed by atoms with Gasteiger partial charge in [-0.15, -0.1) is 23.5 Å². The fraction of sp³-hybridized carbons (Fsp3) is 0.500. The molecule has 0 aliphatic carbocycles. The van der Waals surface area contributed by atoms with Crippen LogP contribution in [-0.2, 0) is 14.4 Å². The predicted octanol–water partition coefficient (Wildman–Crippen LogP) is 0.826. The third kappa shape index (κ3) is 8.78. The molecule has 0 bridgehead atoms. The van der Waals surface area contributed by atoms with E-state index >= 15 is 0 Å². The molecule has 3 N–H and O–H groups in total. The first-order chi connectivity index (χ1) is 10.6. The van der Waals surface area contributed by atoms with Gasteiger partial charge in [-0.2, -0.15) is 0 Å². The molecule has 22 heavy (non-hydrogen) atoms. The van der Waals surface area contributed by atoms with Crippen molar-refractivity contribution in [2.24, 2.45) is 5.92 Å². The average Bonchev–Trinajstić information content (AvgIpc) is 2.52. The van der Waals surface area contributed by atoms with E-state index in [9.17, 15) is 14.4 Å². The molecule has 0 radical (unpaired) electrons. The summed E-state index contributed by atoms with van der Waals surface area (Å²) in [7, 11) is 0. The Balaban J connectivity index is 2.60. The topological polar surface area (TPSA) is 87.3 Å². The number of hydrogen-bond donors (Lipinski definition) is 3. The van der Waals surface area contributed by atoms with Crippen LogP contribution >= 0.6 is 23.5 Å². The first kappa shape index (κ1) is 18.6. The summed E-state index contributed by atoms with van der Waals surface area (Å²) in [4.78, 5) is 34.6. The number of nitrogens with one attached hydrogen (secondary N) is 3. The Hall–Kier alpha value is -1.41. The van der Waals surface area contributed by atoms with E-state index in [1.807, 2.05) is 0 Å². The molecule has 8 heteroatoms. The molecule has 0 saturated carbocycles. The number of hydrogen-bond acceptors (Lipinski definition) is 5. The van der Waals surface area contributed by atoms with Crippen molar-refractivity contribution in [3.8, 4) is 0 Å². The normalized spacial score (nSPS) is 20.7. The van der Waals surface area contributed by atoms with E-state index in [0.29, 0.717) is 26.1 Å². The Labute approximate surface area is 138 Å². The second-order valence-corrected chi connectivity index (χ2v) is 6.72. The van der Waals surface area contributed by atoms with Crippen molar-refractivity contribution < 1.29 is 14.4 Å². The van der Waals surface area contributed by atoms with E-state index in [4.69, 9.17) is 0 Å². The molecule has 0 saturated heterocycles. The Morgan fingerprint density at radius 1 is 1.18 bits per heavy atom. The standard InChI is InChI=1S/C14H21N3O3S2/c1-2-12(18)15-7-11-8-16-13(19)3-5-21-10-22-6-4-14(20)17-9-11/h3-6,11H,2,7-10H2,1H3,(H,15,18)(H,16,19)(H,17,20). The zero-order valence-corrected chi connectivity index (χ0v) is 14.1. The van der Waals surface area contributed by atoms with Crippen LogP contribution in [0.3, 0.4) is 0 Å². The van der Waals surface area contributed by atoms with Gasteiger partial charge in [0, 0.05) is 49.2 Å². The largest absolute Gasteiger partial charge is 0.356 e. The molecule has 0 aromatic carbocycles. The highest BCUT2D eigenvalue weighted by atomic mass is 32.2. The lowest BCUT2D eigenvalue weighted by molar-refractivity contribution is -0.120. The molecular weight excluding hydrogens is 322 g/mol. The van der Waals surface area contributed by atoms with Crippen LogP contribution in [0.15, 0.2) is 23.0 Å². The Kier molecular flexibility index (Phi) is 9.49. The number of carbonyl (C=O) groups excluding carboxylic acids is 3. The maximum absolute atomic E-state index is 11.7. The summed E-state index contributed by atoms with van der Waals surface area (Å²) in [5, 5.41) is 12.5. The van der Waals surface area contributed by atoms with Crippen molar-refractivity contribution in [2.75, 3.05) is 24.7 Å². The van der Waals surface area contributed by atoms with Gasteiger partial charge in [0.2, 0.25) is 17.7 Å². The van der Waals surface area contributed by atoms with E-state index in [0.717, 1.165) is 5.08 Å². The lowest BCUT2D eigenvalue weighted by atomic mass is 10.1. The highest BCUT2D eigenvalue weighted by molar-refractivity contribution is 8.18. The Bertz CT molecular complexity index is 423. The second-order valence-electron chi connectivity index (χ2n) is 4.57. The molecule has 0 fully saturated rings. The third-order valence-electron chi connectivity index (χ3n) is 2.81. The molecule has 6 nitrogen and oxygen atoms in total. The van der Waals surface area contributed by atoms with Gasteiger partial charge < -0.3 is 16.0 Å². The van der Waals surface area contributed by atoms with Gasteiger partial charge in [0.25, 0.3) is 0 Å². The minimum atomic E-state index is -0.178. The first-order valence-electron chi connectivity index (χ1n) is 7.00. The molecular formula is C14H21N3O3S2. The van der Waals surface area contributed by atoms with Crippen molar-refractivity contribution in [3.05, 3.63) is 23.0 Å². The molecule has 122 valence electrons. The number of carbonyl (C=O) groups is 3. The quantitative estimate of drug-likeness (QED) is 0.706. The maximum atomic E-state index is 11.7. The summed E-state index contributed by atoms with van der Waals surface area (Å²) >= 11 is 2.97. The molecule has 1 heterocycles. The molecule has 1 rings (SSSR count). The summed E-state index contributed by atoms with van der Waals surface area (Å²) in [6.07, 6.45) is 3.38. The molecule has 1 aliphatic heterocycles. The van der Waals surface area contributed by atoms with Crippen LogP contribution < -0.4 is 16.0 Å². The Morgan fingerprint density at radius 2 is 1.73 bits per heavy atom. The van der Waals surface area contributed by atoms with Crippen molar-refractivity contribution in [1.82, 2.24) is 16.0 Å². The van der Waals surface area contributed by atoms with Crippen molar-refractivity contribution in [2.45, 2.75) is 13.3 Å². The highest BCUT2D eigenvalue weighted by Crippen LogP contribution is 2.13. The van der Waals surface area contributed by atoms with Crippen LogP contribution in [-0.4, -0.2) is 42.4 Å². The van der Waals surface area contributed by atoms with Crippen LogP contribution in [0.4, 0.5) is 0 Å². The van der Waals surface area contributed by atoms with Crippen LogP contribution in [0.5, 0.6) is 0 Å². The smallest absolute Gasteiger partial charge is 0.244 e. The van der Waals surface area contributed by atoms with Gasteiger partial charge in [-0.05, 0) is 10.8 Å². The maximum Gasteiger partial charge on any atom is 0.244 e. The SMILES string of the molecule is CCC(=O)NCC1CNC(=O)C=CSCSC=CC(=O)NC1. The summed E-state index contributed by atoms with van der Waals surface area (Å²) in [6, 6.07) is 0. The number of amides is 3. The predicted molar refractivity (Wildman–Crippen MR) is 91.1 cm³/mol. The summed E-state index contributed by atoms with van der Waals surface area (Å²) in [5.74, 6) is -0.468. The minimum absolute atomic E-state index is 0.0513. The monoisotopic (exact) mass is 343 g/mol. The number of rotatable bonds is 3. The van der Waals surface area contributed by atoms with Crippen LogP contribution in [0.25, 0.3) is 0 Å². The van der Waals surface area contributed by atoms with Crippen LogP contribution in [0.2, 0.25) is 0 Å². The van der Waals surface area contributed by atoms with Gasteiger partial charge in [-0.3, -0.25) is 14.4 Å². The van der Waals surface area contributed by atoms with Crippen molar-refractivity contribution in [1.29, 1.82) is 0 Å². The zero-order valence-electron chi connectivity index (χ0n) is 12.5. The van der Waals surface area contributed by atoms with Crippen LogP contribution in [0.1, 0.15) is 13.3 Å². The molecule has 0 atom stereocenters. The van der Waals surface area contributed by atoms with E-state index in [-0.39, 0.29) is 23.6 Å². The summed E-state index contributed by atoms with van der Waals surface area (Å²) in [5.41, 5.74) is 0. The van der Waals surface area contributed by atoms with Crippen molar-refractivity contribution in [3.63, 3.8) is 0 Å². The molecule has 0 aromatic heterocycles. The fourth-order valence-corrected chi connectivity index (χ4v) is 2.93. The van der Waals surface area contributed by atoms with E-state index in [1.165, 1.54) is 35.7 Å². The van der Waals surface area contributed by atoms with Gasteiger partial charge in [0.1, 0.15) is 0 Å². The second kappa shape index (κ2) is 11.2. The summed E-state index contributed by atoms with van der Waals surface area (Å²) < 4.78 is 0. The zero-order chi connectivity index (χ0) is 16.2. The summed E-state index contributed by atoms with van der Waals surface area (Å²) in [6.45, 7) is 2.95. The van der Waals surface area contributed by atoms with E-state index < -0.39 is 0 Å². The lowest BCUT2D eigenvalue weighted by Gasteiger charge is -2.18. The van der Waals surface area contributed by atoms with Crippen molar-refractivity contribution >= 4 is 41.2 Å². The minimum Gasteiger partial charge on any atom is -0.356 e. The van der Waals surface area contributed by atoms with Gasteiger partial charge in [-0.25, -0.2) is 0 Å². The third-order valence-corrected chi connectivity index (χ3v) is 4.55. The van der Waals surface area contributed by atoms with Gasteiger partial charge in [-0.1, -0.05) is 6.92 Å². The first-order valence-corrected chi connectivity index (χ1v) is 9.10. The fourth-order valence-electron chi connectivity index (χ4n) is 1.55. The van der Waals surface area contributed by atoms with Gasteiger partial charge >= 0.3 is 0 Å². The van der Waals surface area contributed by atoms with E-state index in [2.05, 4.69) is 16.0 Å². The highest BCUT2D eigenvalue weighted by Gasteiger charge is 2.12. The van der Waals surface area contributed by atoms with E-state index in [1.54, 1.807) is 17.7 Å². The molecule has 3 amide bonds. The molecule has 0 aromatic rings. The van der Waals surface area contributed by atoms with Gasteiger partial charge in [0.05, 0.1) is 0 Å². The molecule has 0 unspecified atom stereocenters.